The molecule has 2 aromatic rings. The predicted octanol–water partition coefficient (Wildman–Crippen LogP) is 1.60. The number of benzene rings is 1. The molecule has 9 heteroatoms. The van der Waals surface area contributed by atoms with Gasteiger partial charge in [0.05, 0.1) is 13.2 Å². The Morgan fingerprint density at radius 2 is 2.11 bits per heavy atom. The molecule has 1 aromatic heterocycles. The Balaban J connectivity index is 0.00000280. The Kier molecular flexibility index (Phi) is 8.97. The highest BCUT2D eigenvalue weighted by Crippen LogP contribution is 2.25. The maximum atomic E-state index is 5.57. The van der Waals surface area contributed by atoms with Crippen LogP contribution in [0, 0.1) is 6.92 Å². The lowest BCUT2D eigenvalue weighted by Gasteiger charge is -2.13. The number of aromatic nitrogens is 3. The number of rotatable bonds is 8. The summed E-state index contributed by atoms with van der Waals surface area (Å²) in [6.45, 7) is 5.29. The van der Waals surface area contributed by atoms with Crippen LogP contribution in [0.15, 0.2) is 23.2 Å². The molecule has 2 heterocycles. The molecule has 0 amide bonds. The van der Waals surface area contributed by atoms with Crippen LogP contribution >= 0.6 is 24.0 Å². The quantitative estimate of drug-likeness (QED) is 0.248. The fraction of sp³-hybridized carbons (Fsp3) is 0.526. The zero-order chi connectivity index (χ0) is 19.1. The number of hydrogen-bond donors (Lipinski definition) is 2. The van der Waals surface area contributed by atoms with E-state index >= 15 is 0 Å². The summed E-state index contributed by atoms with van der Waals surface area (Å²) in [5, 5.41) is 14.9. The van der Waals surface area contributed by atoms with Crippen molar-refractivity contribution in [1.82, 2.24) is 25.4 Å². The number of nitrogens with zero attached hydrogens (tertiary/aromatic N) is 4. The molecule has 0 fully saturated rings. The van der Waals surface area contributed by atoms with Gasteiger partial charge in [-0.3, -0.25) is 0 Å². The second-order valence-corrected chi connectivity index (χ2v) is 6.52. The van der Waals surface area contributed by atoms with Gasteiger partial charge in [0, 0.05) is 33.7 Å². The van der Waals surface area contributed by atoms with Crippen LogP contribution in [0.3, 0.4) is 0 Å². The van der Waals surface area contributed by atoms with E-state index in [9.17, 15) is 0 Å². The zero-order valence-corrected chi connectivity index (χ0v) is 19.0. The van der Waals surface area contributed by atoms with Crippen LogP contribution in [0.5, 0.6) is 5.75 Å². The van der Waals surface area contributed by atoms with E-state index < -0.39 is 0 Å². The second kappa shape index (κ2) is 11.2. The molecule has 3 rings (SSSR count). The Labute approximate surface area is 183 Å². The maximum absolute atomic E-state index is 5.57. The van der Waals surface area contributed by atoms with Crippen molar-refractivity contribution in [1.29, 1.82) is 0 Å². The lowest BCUT2D eigenvalue weighted by Crippen LogP contribution is -2.40. The summed E-state index contributed by atoms with van der Waals surface area (Å²) in [6.07, 6.45) is 1.92. The van der Waals surface area contributed by atoms with Crippen molar-refractivity contribution in [2.75, 3.05) is 33.4 Å². The van der Waals surface area contributed by atoms with Gasteiger partial charge in [0.25, 0.3) is 0 Å². The number of aliphatic imine (C=N–C) groups is 1. The molecular weight excluding hydrogens is 471 g/mol. The van der Waals surface area contributed by atoms with Crippen LogP contribution in [-0.4, -0.2) is 54.1 Å². The van der Waals surface area contributed by atoms with Crippen LogP contribution in [-0.2, 0) is 31.2 Å². The molecule has 154 valence electrons. The number of guanidine groups is 1. The highest BCUT2D eigenvalue weighted by Gasteiger charge is 2.12. The van der Waals surface area contributed by atoms with Gasteiger partial charge in [-0.1, -0.05) is 12.1 Å². The summed E-state index contributed by atoms with van der Waals surface area (Å²) >= 11 is 0. The van der Waals surface area contributed by atoms with Crippen molar-refractivity contribution in [2.45, 2.75) is 26.3 Å². The third-order valence-corrected chi connectivity index (χ3v) is 4.62. The van der Waals surface area contributed by atoms with Crippen molar-refractivity contribution < 1.29 is 9.47 Å². The molecule has 0 bridgehead atoms. The van der Waals surface area contributed by atoms with E-state index in [0.717, 1.165) is 49.4 Å². The third-order valence-electron chi connectivity index (χ3n) is 4.62. The summed E-state index contributed by atoms with van der Waals surface area (Å²) in [5.74, 6) is 3.48. The number of ether oxygens (including phenoxy) is 2. The first-order valence-corrected chi connectivity index (χ1v) is 9.28. The average Bonchev–Trinajstić information content (AvgIpc) is 3.26. The zero-order valence-electron chi connectivity index (χ0n) is 16.7. The van der Waals surface area contributed by atoms with Crippen molar-refractivity contribution in [3.8, 4) is 5.75 Å². The standard InChI is InChI=1S/C19H28N6O2.HI/c1-14-23-24-18(25(14)2)13-22-19(21-9-11-26-3)20-8-6-15-4-5-17-16(12-15)7-10-27-17;/h4-5,12H,6-11,13H2,1-3H3,(H2,20,21,22);1H. The van der Waals surface area contributed by atoms with E-state index in [1.54, 1.807) is 7.11 Å². The minimum absolute atomic E-state index is 0. The molecule has 0 saturated carbocycles. The summed E-state index contributed by atoms with van der Waals surface area (Å²) < 4.78 is 12.6. The Morgan fingerprint density at radius 1 is 1.29 bits per heavy atom. The third kappa shape index (κ3) is 6.06. The van der Waals surface area contributed by atoms with E-state index in [2.05, 4.69) is 44.0 Å². The number of fused-ring (bicyclic) bond motifs is 1. The van der Waals surface area contributed by atoms with Crippen LogP contribution in [0.25, 0.3) is 0 Å². The Hall–Kier alpha value is -1.88. The largest absolute Gasteiger partial charge is 0.493 e. The molecule has 0 saturated heterocycles. The van der Waals surface area contributed by atoms with Crippen molar-refractivity contribution >= 4 is 29.9 Å². The molecule has 0 aliphatic carbocycles. The molecule has 1 aliphatic rings. The Morgan fingerprint density at radius 3 is 2.86 bits per heavy atom. The minimum Gasteiger partial charge on any atom is -0.493 e. The van der Waals surface area contributed by atoms with Crippen LogP contribution < -0.4 is 15.4 Å². The van der Waals surface area contributed by atoms with Gasteiger partial charge in [0.15, 0.2) is 11.8 Å². The molecule has 1 aromatic carbocycles. The highest BCUT2D eigenvalue weighted by molar-refractivity contribution is 14.0. The Bertz CT molecular complexity index is 793. The topological polar surface area (TPSA) is 85.6 Å². The van der Waals surface area contributed by atoms with Gasteiger partial charge in [0.1, 0.15) is 18.1 Å². The summed E-state index contributed by atoms with van der Waals surface area (Å²) in [7, 11) is 3.63. The monoisotopic (exact) mass is 500 g/mol. The highest BCUT2D eigenvalue weighted by atomic mass is 127. The van der Waals surface area contributed by atoms with Gasteiger partial charge in [-0.05, 0) is 30.5 Å². The molecule has 28 heavy (non-hydrogen) atoms. The van der Waals surface area contributed by atoms with Gasteiger partial charge in [-0.25, -0.2) is 4.99 Å². The van der Waals surface area contributed by atoms with Crippen molar-refractivity contribution in [3.05, 3.63) is 41.0 Å². The van der Waals surface area contributed by atoms with Crippen molar-refractivity contribution in [3.63, 3.8) is 0 Å². The van der Waals surface area contributed by atoms with Gasteiger partial charge >= 0.3 is 0 Å². The first kappa shape index (κ1) is 22.4. The number of hydrogen-bond acceptors (Lipinski definition) is 5. The lowest BCUT2D eigenvalue weighted by molar-refractivity contribution is 0.203. The van der Waals surface area contributed by atoms with E-state index in [4.69, 9.17) is 9.47 Å². The van der Waals surface area contributed by atoms with Crippen LogP contribution in [0.4, 0.5) is 0 Å². The molecule has 0 radical (unpaired) electrons. The summed E-state index contributed by atoms with van der Waals surface area (Å²) in [5.41, 5.74) is 2.60. The normalized spacial score (nSPS) is 12.9. The number of methoxy groups -OCH3 is 1. The number of nitrogens with one attached hydrogen (secondary N) is 2. The molecule has 2 N–H and O–H groups in total. The predicted molar refractivity (Wildman–Crippen MR) is 120 cm³/mol. The first-order chi connectivity index (χ1) is 13.2. The number of halogens is 1. The van der Waals surface area contributed by atoms with Gasteiger partial charge in [-0.15, -0.1) is 34.2 Å². The second-order valence-electron chi connectivity index (χ2n) is 6.52. The van der Waals surface area contributed by atoms with Crippen molar-refractivity contribution in [2.24, 2.45) is 12.0 Å². The summed E-state index contributed by atoms with van der Waals surface area (Å²) in [4.78, 5) is 4.62. The molecule has 8 nitrogen and oxygen atoms in total. The van der Waals surface area contributed by atoms with Gasteiger partial charge < -0.3 is 24.7 Å². The molecule has 0 spiro atoms. The molecule has 0 unspecified atom stereocenters. The number of aryl methyl sites for hydroxylation is 1. The van der Waals surface area contributed by atoms with Gasteiger partial charge in [0.2, 0.25) is 0 Å². The SMILES string of the molecule is COCCNC(=NCc1nnc(C)n1C)NCCc1ccc2c(c1)CCO2.I. The van der Waals surface area contributed by atoms with E-state index in [0.29, 0.717) is 19.7 Å². The minimum atomic E-state index is 0. The smallest absolute Gasteiger partial charge is 0.191 e. The lowest BCUT2D eigenvalue weighted by atomic mass is 10.1. The van der Waals surface area contributed by atoms with E-state index in [-0.39, 0.29) is 24.0 Å². The fourth-order valence-corrected chi connectivity index (χ4v) is 2.90. The molecule has 0 atom stereocenters. The molecular formula is C19H29IN6O2. The van der Waals surface area contributed by atoms with E-state index in [1.165, 1.54) is 11.1 Å². The van der Waals surface area contributed by atoms with Crippen LogP contribution in [0.2, 0.25) is 0 Å². The first-order valence-electron chi connectivity index (χ1n) is 9.28. The van der Waals surface area contributed by atoms with Gasteiger partial charge in [-0.2, -0.15) is 0 Å². The average molecular weight is 500 g/mol. The van der Waals surface area contributed by atoms with E-state index in [1.807, 2.05) is 18.5 Å². The maximum Gasteiger partial charge on any atom is 0.191 e. The fourth-order valence-electron chi connectivity index (χ4n) is 2.90. The summed E-state index contributed by atoms with van der Waals surface area (Å²) in [6, 6.07) is 6.44. The molecule has 1 aliphatic heterocycles. The van der Waals surface area contributed by atoms with Crippen LogP contribution in [0.1, 0.15) is 22.8 Å².